The third-order valence-electron chi connectivity index (χ3n) is 4.02. The van der Waals surface area contributed by atoms with Crippen LogP contribution in [0, 0.1) is 13.8 Å². The van der Waals surface area contributed by atoms with Crippen molar-refractivity contribution < 1.29 is 19.1 Å². The van der Waals surface area contributed by atoms with Crippen LogP contribution >= 0.6 is 38.9 Å². The second-order valence-corrected chi connectivity index (χ2v) is 8.25. The van der Waals surface area contributed by atoms with E-state index in [1.165, 1.54) is 7.11 Å². The van der Waals surface area contributed by atoms with E-state index in [-0.39, 0.29) is 12.3 Å². The Balaban J connectivity index is 1.87. The van der Waals surface area contributed by atoms with Gasteiger partial charge in [0.25, 0.3) is 0 Å². The van der Waals surface area contributed by atoms with Crippen molar-refractivity contribution >= 4 is 55.9 Å². The maximum Gasteiger partial charge on any atom is 0.350 e. The van der Waals surface area contributed by atoms with Crippen molar-refractivity contribution in [3.8, 4) is 5.75 Å². The lowest BCUT2D eigenvalue weighted by molar-refractivity contribution is -0.116. The average molecular weight is 490 g/mol. The van der Waals surface area contributed by atoms with E-state index in [2.05, 4.69) is 26.2 Å². The van der Waals surface area contributed by atoms with Crippen LogP contribution in [0.3, 0.4) is 0 Å². The Bertz CT molecular complexity index is 885. The molecule has 1 amide bonds. The number of halogens is 2. The molecular weight excluding hydrogens is 468 g/mol. The van der Waals surface area contributed by atoms with Crippen molar-refractivity contribution in [2.45, 2.75) is 40.0 Å². The summed E-state index contributed by atoms with van der Waals surface area (Å²) < 4.78 is 11.3. The van der Waals surface area contributed by atoms with Gasteiger partial charge in [-0.05, 0) is 59.8 Å². The third-order valence-corrected chi connectivity index (χ3v) is 6.58. The molecule has 0 fully saturated rings. The third kappa shape index (κ3) is 5.46. The van der Waals surface area contributed by atoms with E-state index in [0.717, 1.165) is 26.9 Å². The number of methoxy groups -OCH3 is 1. The topological polar surface area (TPSA) is 77.5 Å². The summed E-state index contributed by atoms with van der Waals surface area (Å²) in [5.41, 5.74) is 2.48. The van der Waals surface area contributed by atoms with Gasteiger partial charge in [0.15, 0.2) is 5.13 Å². The lowest BCUT2D eigenvalue weighted by atomic mass is 10.1. The fourth-order valence-electron chi connectivity index (χ4n) is 2.50. The molecule has 0 spiro atoms. The Kier molecular flexibility index (Phi) is 8.27. The fraction of sp³-hybridized carbons (Fsp3) is 0.421. The molecule has 1 aromatic heterocycles. The number of benzene rings is 1. The molecule has 1 N–H and O–H groups in total. The number of esters is 1. The van der Waals surface area contributed by atoms with Gasteiger partial charge in [-0.3, -0.25) is 4.79 Å². The lowest BCUT2D eigenvalue weighted by Crippen LogP contribution is -2.12. The number of aryl methyl sites for hydroxylation is 2. The van der Waals surface area contributed by atoms with Crippen LogP contribution in [0.4, 0.5) is 5.13 Å². The number of carbonyl (C=O) groups excluding carboxylic acids is 2. The Morgan fingerprint density at radius 3 is 2.71 bits per heavy atom. The van der Waals surface area contributed by atoms with E-state index >= 15 is 0 Å². The first-order chi connectivity index (χ1) is 13.3. The van der Waals surface area contributed by atoms with E-state index < -0.39 is 5.97 Å². The van der Waals surface area contributed by atoms with Gasteiger partial charge < -0.3 is 14.8 Å². The molecule has 0 saturated heterocycles. The van der Waals surface area contributed by atoms with Gasteiger partial charge in [0.2, 0.25) is 5.91 Å². The van der Waals surface area contributed by atoms with Crippen LogP contribution in [0.2, 0.25) is 5.02 Å². The summed E-state index contributed by atoms with van der Waals surface area (Å²) in [6.07, 6.45) is 1.39. The molecule has 0 bridgehead atoms. The molecule has 0 radical (unpaired) electrons. The molecule has 0 saturated carbocycles. The zero-order chi connectivity index (χ0) is 20.8. The standard InChI is InChI=1S/C19H22BrClN2O4S/c1-5-12-17(18(25)26-4)28-19(22-12)23-14(24)7-6-8-27-13-9-10(2)16(21)11(3)15(13)20/h9H,5-8H2,1-4H3,(H,22,23,24). The summed E-state index contributed by atoms with van der Waals surface area (Å²) in [6, 6.07) is 1.87. The molecule has 28 heavy (non-hydrogen) atoms. The molecule has 1 heterocycles. The van der Waals surface area contributed by atoms with E-state index in [4.69, 9.17) is 21.1 Å². The zero-order valence-corrected chi connectivity index (χ0v) is 19.3. The van der Waals surface area contributed by atoms with Crippen LogP contribution in [0.25, 0.3) is 0 Å². The summed E-state index contributed by atoms with van der Waals surface area (Å²) >= 11 is 10.8. The number of aromatic nitrogens is 1. The fourth-order valence-corrected chi connectivity index (χ4v) is 4.18. The molecule has 152 valence electrons. The number of hydrogen-bond acceptors (Lipinski definition) is 6. The number of ether oxygens (including phenoxy) is 2. The Labute approximate surface area is 181 Å². The van der Waals surface area contributed by atoms with Crippen LogP contribution in [-0.2, 0) is 16.0 Å². The van der Waals surface area contributed by atoms with Crippen molar-refractivity contribution in [3.05, 3.63) is 37.3 Å². The van der Waals surface area contributed by atoms with Gasteiger partial charge in [0.1, 0.15) is 10.6 Å². The number of thiazole rings is 1. The number of amides is 1. The number of carbonyl (C=O) groups is 2. The Hall–Kier alpha value is -1.64. The minimum absolute atomic E-state index is 0.182. The highest BCUT2D eigenvalue weighted by atomic mass is 79.9. The van der Waals surface area contributed by atoms with Gasteiger partial charge in [-0.2, -0.15) is 0 Å². The maximum atomic E-state index is 12.1. The highest BCUT2D eigenvalue weighted by molar-refractivity contribution is 9.10. The predicted octanol–water partition coefficient (Wildman–Crippen LogP) is 5.32. The molecule has 0 aliphatic carbocycles. The van der Waals surface area contributed by atoms with E-state index in [1.807, 2.05) is 26.8 Å². The molecule has 2 rings (SSSR count). The first kappa shape index (κ1) is 22.6. The summed E-state index contributed by atoms with van der Waals surface area (Å²) in [4.78, 5) is 28.6. The molecule has 2 aromatic rings. The quantitative estimate of drug-likeness (QED) is 0.401. The molecule has 9 heteroatoms. The largest absolute Gasteiger partial charge is 0.492 e. The lowest BCUT2D eigenvalue weighted by Gasteiger charge is -2.13. The monoisotopic (exact) mass is 488 g/mol. The summed E-state index contributed by atoms with van der Waals surface area (Å²) in [5.74, 6) is 0.0800. The molecule has 0 atom stereocenters. The smallest absolute Gasteiger partial charge is 0.350 e. The number of anilines is 1. The van der Waals surface area contributed by atoms with Gasteiger partial charge in [0.05, 0.1) is 23.9 Å². The number of hydrogen-bond donors (Lipinski definition) is 1. The molecular formula is C19H22BrClN2O4S. The highest BCUT2D eigenvalue weighted by Crippen LogP contribution is 2.35. The molecule has 0 aliphatic heterocycles. The van der Waals surface area contributed by atoms with Crippen LogP contribution < -0.4 is 10.1 Å². The minimum atomic E-state index is -0.442. The SMILES string of the molecule is CCc1nc(NC(=O)CCCOc2cc(C)c(Cl)c(C)c2Br)sc1C(=O)OC. The summed E-state index contributed by atoms with van der Waals surface area (Å²) in [6.45, 7) is 6.12. The Morgan fingerprint density at radius 2 is 2.07 bits per heavy atom. The van der Waals surface area contributed by atoms with Crippen molar-refractivity contribution in [1.29, 1.82) is 0 Å². The second-order valence-electron chi connectivity index (χ2n) is 6.08. The van der Waals surface area contributed by atoms with E-state index in [9.17, 15) is 9.59 Å². The normalized spacial score (nSPS) is 10.6. The first-order valence-corrected chi connectivity index (χ1v) is 10.7. The molecule has 0 aliphatic rings. The van der Waals surface area contributed by atoms with Crippen molar-refractivity contribution in [2.75, 3.05) is 19.0 Å². The first-order valence-electron chi connectivity index (χ1n) is 8.74. The van der Waals surface area contributed by atoms with Gasteiger partial charge in [-0.1, -0.05) is 29.9 Å². The highest BCUT2D eigenvalue weighted by Gasteiger charge is 2.18. The van der Waals surface area contributed by atoms with Crippen molar-refractivity contribution in [3.63, 3.8) is 0 Å². The molecule has 1 aromatic carbocycles. The summed E-state index contributed by atoms with van der Waals surface area (Å²) in [7, 11) is 1.32. The summed E-state index contributed by atoms with van der Waals surface area (Å²) in [5, 5.41) is 3.84. The maximum absolute atomic E-state index is 12.1. The van der Waals surface area contributed by atoms with Crippen LogP contribution in [0.1, 0.15) is 46.3 Å². The van der Waals surface area contributed by atoms with Crippen LogP contribution in [0.15, 0.2) is 10.5 Å². The van der Waals surface area contributed by atoms with Gasteiger partial charge in [-0.25, -0.2) is 9.78 Å². The van der Waals surface area contributed by atoms with Crippen LogP contribution in [0.5, 0.6) is 5.75 Å². The van der Waals surface area contributed by atoms with Gasteiger partial charge >= 0.3 is 5.97 Å². The predicted molar refractivity (Wildman–Crippen MR) is 115 cm³/mol. The van der Waals surface area contributed by atoms with E-state index in [1.54, 1.807) is 0 Å². The second kappa shape index (κ2) is 10.2. The zero-order valence-electron chi connectivity index (χ0n) is 16.2. The van der Waals surface area contributed by atoms with Gasteiger partial charge in [-0.15, -0.1) is 0 Å². The van der Waals surface area contributed by atoms with E-state index in [0.29, 0.717) is 45.9 Å². The number of rotatable bonds is 8. The molecule has 6 nitrogen and oxygen atoms in total. The van der Waals surface area contributed by atoms with Crippen molar-refractivity contribution in [1.82, 2.24) is 4.98 Å². The number of nitrogens with one attached hydrogen (secondary N) is 1. The minimum Gasteiger partial charge on any atom is -0.492 e. The average Bonchev–Trinajstić information content (AvgIpc) is 3.09. The number of nitrogens with zero attached hydrogens (tertiary/aromatic N) is 1. The van der Waals surface area contributed by atoms with Gasteiger partial charge in [0, 0.05) is 11.4 Å². The van der Waals surface area contributed by atoms with Crippen LogP contribution in [-0.4, -0.2) is 30.6 Å². The Morgan fingerprint density at radius 1 is 1.36 bits per heavy atom. The van der Waals surface area contributed by atoms with Crippen molar-refractivity contribution in [2.24, 2.45) is 0 Å². The molecule has 0 unspecified atom stereocenters.